The predicted octanol–water partition coefficient (Wildman–Crippen LogP) is 3.98. The first kappa shape index (κ1) is 27.1. The van der Waals surface area contributed by atoms with Crippen molar-refractivity contribution in [3.05, 3.63) is 51.5 Å². The van der Waals surface area contributed by atoms with Crippen LogP contribution >= 0.6 is 23.2 Å². The fourth-order valence-corrected chi connectivity index (χ4v) is 5.75. The number of anilines is 1. The Hall–Kier alpha value is -2.53. The van der Waals surface area contributed by atoms with E-state index in [-0.39, 0.29) is 28.6 Å². The van der Waals surface area contributed by atoms with Crippen LogP contribution in [0.4, 0.5) is 5.69 Å². The molecule has 1 atom stereocenters. The van der Waals surface area contributed by atoms with Gasteiger partial charge >= 0.3 is 5.97 Å². The molecule has 1 saturated heterocycles. The van der Waals surface area contributed by atoms with Gasteiger partial charge in [0.15, 0.2) is 11.5 Å². The highest BCUT2D eigenvalue weighted by Crippen LogP contribution is 2.34. The molecule has 9 nitrogen and oxygen atoms in total. The highest BCUT2D eigenvalue weighted by molar-refractivity contribution is 7.88. The molecule has 0 radical (unpaired) electrons. The molecule has 2 aromatic rings. The van der Waals surface area contributed by atoms with Crippen LogP contribution in [-0.2, 0) is 25.3 Å². The van der Waals surface area contributed by atoms with Crippen molar-refractivity contribution in [3.63, 3.8) is 0 Å². The molecule has 1 unspecified atom stereocenters. The molecule has 12 heteroatoms. The summed E-state index contributed by atoms with van der Waals surface area (Å²) in [6, 6.07) is 7.54. The number of esters is 1. The molecule has 1 N–H and O–H groups in total. The van der Waals surface area contributed by atoms with Crippen molar-refractivity contribution in [1.82, 2.24) is 4.31 Å². The van der Waals surface area contributed by atoms with Gasteiger partial charge in [0.2, 0.25) is 15.9 Å². The van der Waals surface area contributed by atoms with Crippen LogP contribution in [0.5, 0.6) is 11.5 Å². The minimum atomic E-state index is -3.71. The average Bonchev–Trinajstić information content (AvgIpc) is 2.85. The molecule has 1 heterocycles. The highest BCUT2D eigenvalue weighted by atomic mass is 35.5. The summed E-state index contributed by atoms with van der Waals surface area (Å²) in [4.78, 5) is 25.4. The number of rotatable bonds is 8. The normalized spacial score (nSPS) is 16.4. The molecule has 0 spiro atoms. The molecule has 0 saturated carbocycles. The Balaban J connectivity index is 1.78. The maximum absolute atomic E-state index is 13.1. The molecule has 3 rings (SSSR count). The molecule has 1 fully saturated rings. The zero-order valence-electron chi connectivity index (χ0n) is 19.5. The van der Waals surface area contributed by atoms with Gasteiger partial charge in [-0.25, -0.2) is 17.5 Å². The van der Waals surface area contributed by atoms with E-state index in [0.717, 1.165) is 0 Å². The molecular weight excluding hydrogens is 519 g/mol. The quantitative estimate of drug-likeness (QED) is 0.500. The molecule has 0 bridgehead atoms. The number of piperidine rings is 1. The van der Waals surface area contributed by atoms with E-state index in [1.165, 1.54) is 43.8 Å². The number of amides is 1. The van der Waals surface area contributed by atoms with Gasteiger partial charge in [-0.3, -0.25) is 4.79 Å². The molecule has 2 aromatic carbocycles. The first-order valence-electron chi connectivity index (χ1n) is 10.7. The Morgan fingerprint density at radius 3 is 2.37 bits per heavy atom. The second-order valence-corrected chi connectivity index (χ2v) is 10.7. The number of hydrogen-bond donors (Lipinski definition) is 1. The van der Waals surface area contributed by atoms with Crippen LogP contribution in [0.3, 0.4) is 0 Å². The third kappa shape index (κ3) is 6.38. The monoisotopic (exact) mass is 544 g/mol. The van der Waals surface area contributed by atoms with Crippen molar-refractivity contribution in [1.29, 1.82) is 0 Å². The third-order valence-corrected chi connectivity index (χ3v) is 8.22. The molecular formula is C23H26Cl2N2O7S. The van der Waals surface area contributed by atoms with E-state index in [9.17, 15) is 18.0 Å². The first-order chi connectivity index (χ1) is 16.6. The Kier molecular flexibility index (Phi) is 8.87. The fourth-order valence-electron chi connectivity index (χ4n) is 3.84. The van der Waals surface area contributed by atoms with Crippen LogP contribution in [-0.4, -0.2) is 59.0 Å². The second-order valence-electron chi connectivity index (χ2n) is 7.94. The zero-order valence-corrected chi connectivity index (χ0v) is 21.8. The topological polar surface area (TPSA) is 111 Å². The van der Waals surface area contributed by atoms with Gasteiger partial charge in [0.25, 0.3) is 0 Å². The highest BCUT2D eigenvalue weighted by Gasteiger charge is 2.33. The van der Waals surface area contributed by atoms with E-state index in [2.05, 4.69) is 5.32 Å². The number of methoxy groups -OCH3 is 3. The van der Waals surface area contributed by atoms with E-state index in [4.69, 9.17) is 37.4 Å². The lowest BCUT2D eigenvalue weighted by atomic mass is 9.98. The van der Waals surface area contributed by atoms with Gasteiger partial charge in [-0.15, -0.1) is 0 Å². The summed E-state index contributed by atoms with van der Waals surface area (Å²) in [5.41, 5.74) is 0.757. The summed E-state index contributed by atoms with van der Waals surface area (Å²) in [6.07, 6.45) is 1.000. The SMILES string of the molecule is COC(=O)c1cc(OC)c(OC)cc1NC(=O)C1CCCN(S(=O)(=O)Cc2ccc(Cl)c(Cl)c2)C1. The van der Waals surface area contributed by atoms with Gasteiger partial charge in [-0.1, -0.05) is 29.3 Å². The van der Waals surface area contributed by atoms with Crippen molar-refractivity contribution in [2.75, 3.05) is 39.7 Å². The van der Waals surface area contributed by atoms with Gasteiger partial charge in [-0.2, -0.15) is 0 Å². The third-order valence-electron chi connectivity index (χ3n) is 5.67. The van der Waals surface area contributed by atoms with Gasteiger partial charge in [0.05, 0.1) is 54.3 Å². The molecule has 190 valence electrons. The van der Waals surface area contributed by atoms with Crippen molar-refractivity contribution < 1.29 is 32.2 Å². The summed E-state index contributed by atoms with van der Waals surface area (Å²) in [7, 11) is 0.367. The lowest BCUT2D eigenvalue weighted by molar-refractivity contribution is -0.120. The maximum atomic E-state index is 13.1. The lowest BCUT2D eigenvalue weighted by Crippen LogP contribution is -2.44. The van der Waals surface area contributed by atoms with E-state index >= 15 is 0 Å². The van der Waals surface area contributed by atoms with Crippen LogP contribution in [0.25, 0.3) is 0 Å². The molecule has 0 aromatic heterocycles. The molecule has 1 aliphatic heterocycles. The van der Waals surface area contributed by atoms with Gasteiger partial charge in [0.1, 0.15) is 0 Å². The lowest BCUT2D eigenvalue weighted by Gasteiger charge is -2.31. The number of halogens is 2. The smallest absolute Gasteiger partial charge is 0.340 e. The number of sulfonamides is 1. The molecule has 1 amide bonds. The van der Waals surface area contributed by atoms with E-state index in [1.54, 1.807) is 12.1 Å². The standard InChI is InChI=1S/C23H26Cl2N2O7S/c1-32-20-10-16(23(29)34-3)19(11-21(20)33-2)26-22(28)15-5-4-8-27(12-15)35(30,31)13-14-6-7-17(24)18(25)9-14/h6-7,9-11,15H,4-5,8,12-13H2,1-3H3,(H,26,28). The molecule has 0 aliphatic carbocycles. The number of nitrogens with one attached hydrogen (secondary N) is 1. The van der Waals surface area contributed by atoms with Gasteiger partial charge in [0, 0.05) is 25.2 Å². The summed E-state index contributed by atoms with van der Waals surface area (Å²) in [6.45, 7) is 0.313. The second kappa shape index (κ2) is 11.5. The Labute approximate surface area is 214 Å². The van der Waals surface area contributed by atoms with E-state index in [1.807, 2.05) is 0 Å². The predicted molar refractivity (Wildman–Crippen MR) is 133 cm³/mol. The number of benzene rings is 2. The van der Waals surface area contributed by atoms with Crippen LogP contribution in [0.15, 0.2) is 30.3 Å². The summed E-state index contributed by atoms with van der Waals surface area (Å²) in [5, 5.41) is 3.34. The minimum Gasteiger partial charge on any atom is -0.493 e. The van der Waals surface area contributed by atoms with Crippen molar-refractivity contribution >= 4 is 50.8 Å². The number of carbonyl (C=O) groups is 2. The Bertz CT molecular complexity index is 1220. The van der Waals surface area contributed by atoms with Crippen molar-refractivity contribution in [3.8, 4) is 11.5 Å². The van der Waals surface area contributed by atoms with Crippen molar-refractivity contribution in [2.24, 2.45) is 5.92 Å². The van der Waals surface area contributed by atoms with Crippen LogP contribution in [0.2, 0.25) is 10.0 Å². The minimum absolute atomic E-state index is 0.0103. The van der Waals surface area contributed by atoms with Crippen LogP contribution in [0.1, 0.15) is 28.8 Å². The Morgan fingerprint density at radius 2 is 1.74 bits per heavy atom. The van der Waals surface area contributed by atoms with Crippen LogP contribution < -0.4 is 14.8 Å². The number of carbonyl (C=O) groups excluding carboxylic acids is 2. The first-order valence-corrected chi connectivity index (χ1v) is 13.0. The average molecular weight is 545 g/mol. The number of nitrogens with zero attached hydrogens (tertiary/aromatic N) is 1. The van der Waals surface area contributed by atoms with Gasteiger partial charge < -0.3 is 19.5 Å². The zero-order chi connectivity index (χ0) is 25.8. The van der Waals surface area contributed by atoms with E-state index < -0.39 is 27.8 Å². The Morgan fingerprint density at radius 1 is 1.06 bits per heavy atom. The summed E-state index contributed by atoms with van der Waals surface area (Å²) in [5.74, 6) is -1.37. The van der Waals surface area contributed by atoms with Crippen molar-refractivity contribution in [2.45, 2.75) is 18.6 Å². The maximum Gasteiger partial charge on any atom is 0.340 e. The summed E-state index contributed by atoms with van der Waals surface area (Å²) < 4.78 is 42.7. The van der Waals surface area contributed by atoms with E-state index in [0.29, 0.717) is 41.5 Å². The number of ether oxygens (including phenoxy) is 3. The summed E-state index contributed by atoms with van der Waals surface area (Å²) >= 11 is 11.9. The van der Waals surface area contributed by atoms with Crippen LogP contribution in [0, 0.1) is 5.92 Å². The van der Waals surface area contributed by atoms with Gasteiger partial charge in [-0.05, 0) is 30.5 Å². The largest absolute Gasteiger partial charge is 0.493 e. The molecule has 1 aliphatic rings. The number of hydrogen-bond acceptors (Lipinski definition) is 7. The molecule has 35 heavy (non-hydrogen) atoms. The fraction of sp³-hybridized carbons (Fsp3) is 0.391.